The van der Waals surface area contributed by atoms with Crippen LogP contribution < -0.4 is 5.19 Å². The molecule has 43 heavy (non-hydrogen) atoms. The second-order valence-corrected chi connectivity index (χ2v) is 18.3. The van der Waals surface area contributed by atoms with Gasteiger partial charge < -0.3 is 14.4 Å². The van der Waals surface area contributed by atoms with E-state index in [0.717, 1.165) is 40.1 Å². The number of nitrogens with zero attached hydrogens (tertiary/aromatic N) is 2. The van der Waals surface area contributed by atoms with Gasteiger partial charge in [-0.2, -0.15) is 0 Å². The average molecular weight is 761 g/mol. The van der Waals surface area contributed by atoms with E-state index in [-0.39, 0.29) is 25.5 Å². The Balaban J connectivity index is 0.000000253. The summed E-state index contributed by atoms with van der Waals surface area (Å²) < 4.78 is 6.42. The van der Waals surface area contributed by atoms with Crippen LogP contribution in [0.1, 0.15) is 37.5 Å². The standard InChI is InChI=1S/C26H30NOSi.C12H10N.Ir/c1-17-18(16-26(2,3)4)14-15-27-24(17)20-12-13-22(29(5,6)7)23-19-10-8-9-11-21(19)28-25(20)23;1-10-7-8-12(13-9-10)11-5-3-2-4-6-11;/h8-11,13-15H,16H2,1-7H3;2-5,7-9H,1H3;/q2*-1;. The fraction of sp³-hybridized carbons (Fsp3) is 0.263. The second kappa shape index (κ2) is 13.1. The van der Waals surface area contributed by atoms with E-state index in [2.05, 4.69) is 101 Å². The fourth-order valence-corrected chi connectivity index (χ4v) is 6.81. The average Bonchev–Trinajstić information content (AvgIpc) is 3.34. The first kappa shape index (κ1) is 32.5. The molecule has 3 heterocycles. The molecular formula is C38H40IrN2OSi-2. The molecule has 0 amide bonds. The molecule has 0 N–H and O–H groups in total. The van der Waals surface area contributed by atoms with Gasteiger partial charge in [0.25, 0.3) is 0 Å². The Labute approximate surface area is 271 Å². The van der Waals surface area contributed by atoms with Crippen LogP contribution in [0.5, 0.6) is 0 Å². The molecular weight excluding hydrogens is 721 g/mol. The molecule has 0 atom stereocenters. The molecule has 6 aromatic rings. The van der Waals surface area contributed by atoms with E-state index in [1.165, 1.54) is 32.6 Å². The molecule has 3 nitrogen and oxygen atoms in total. The number of para-hydroxylation sites is 1. The van der Waals surface area contributed by atoms with E-state index in [1.807, 2.05) is 55.7 Å². The minimum atomic E-state index is -1.57. The first-order valence-electron chi connectivity index (χ1n) is 14.6. The number of benzene rings is 3. The maximum atomic E-state index is 6.42. The molecule has 0 unspecified atom stereocenters. The Bertz CT molecular complexity index is 1830. The van der Waals surface area contributed by atoms with Gasteiger partial charge in [0, 0.05) is 46.0 Å². The minimum Gasteiger partial charge on any atom is -0.501 e. The fourth-order valence-electron chi connectivity index (χ4n) is 5.31. The number of rotatable bonds is 4. The van der Waals surface area contributed by atoms with Crippen LogP contribution in [0.15, 0.2) is 89.6 Å². The quantitative estimate of drug-likeness (QED) is 0.133. The Morgan fingerprint density at radius 1 is 0.860 bits per heavy atom. The van der Waals surface area contributed by atoms with Crippen molar-refractivity contribution in [3.63, 3.8) is 0 Å². The predicted molar refractivity (Wildman–Crippen MR) is 180 cm³/mol. The molecule has 0 saturated heterocycles. The summed E-state index contributed by atoms with van der Waals surface area (Å²) in [5, 5.41) is 3.83. The monoisotopic (exact) mass is 761 g/mol. The number of furan rings is 1. The van der Waals surface area contributed by atoms with Crippen molar-refractivity contribution in [3.8, 4) is 22.5 Å². The van der Waals surface area contributed by atoms with E-state index >= 15 is 0 Å². The van der Waals surface area contributed by atoms with Crippen LogP contribution in [-0.2, 0) is 26.5 Å². The summed E-state index contributed by atoms with van der Waals surface area (Å²) in [4.78, 5) is 9.09. The maximum absolute atomic E-state index is 6.42. The van der Waals surface area contributed by atoms with Gasteiger partial charge in [0.2, 0.25) is 0 Å². The summed E-state index contributed by atoms with van der Waals surface area (Å²) in [6.07, 6.45) is 4.82. The topological polar surface area (TPSA) is 38.9 Å². The van der Waals surface area contributed by atoms with Crippen molar-refractivity contribution in [3.05, 3.63) is 114 Å². The van der Waals surface area contributed by atoms with Crippen LogP contribution in [0, 0.1) is 31.4 Å². The smallest absolute Gasteiger partial charge is 0.120 e. The van der Waals surface area contributed by atoms with Gasteiger partial charge in [-0.05, 0) is 54.8 Å². The van der Waals surface area contributed by atoms with E-state index in [9.17, 15) is 0 Å². The van der Waals surface area contributed by atoms with Crippen molar-refractivity contribution in [1.82, 2.24) is 9.97 Å². The Morgan fingerprint density at radius 2 is 1.60 bits per heavy atom. The van der Waals surface area contributed by atoms with Crippen molar-refractivity contribution in [2.75, 3.05) is 0 Å². The van der Waals surface area contributed by atoms with Gasteiger partial charge in [-0.15, -0.1) is 53.2 Å². The third-order valence-electron chi connectivity index (χ3n) is 7.43. The number of hydrogen-bond acceptors (Lipinski definition) is 3. The molecule has 6 rings (SSSR count). The first-order chi connectivity index (χ1) is 19.9. The molecule has 0 aliphatic carbocycles. The van der Waals surface area contributed by atoms with Crippen molar-refractivity contribution in [2.24, 2.45) is 5.41 Å². The van der Waals surface area contributed by atoms with Crippen LogP contribution in [-0.4, -0.2) is 18.0 Å². The molecule has 0 aliphatic heterocycles. The molecule has 3 aromatic heterocycles. The SMILES string of the molecule is Cc1c(CC(C)(C)C)ccnc1-c1[c-]cc([Si](C)(C)C)c2c1oc1ccccc12.Cc1ccc(-c2[c-]cccc2)nc1.[Ir]. The molecule has 3 aromatic carbocycles. The summed E-state index contributed by atoms with van der Waals surface area (Å²) in [6.45, 7) is 18.2. The summed E-state index contributed by atoms with van der Waals surface area (Å²) in [6, 6.07) is 31.4. The van der Waals surface area contributed by atoms with E-state index in [4.69, 9.17) is 9.40 Å². The van der Waals surface area contributed by atoms with Crippen LogP contribution in [0.2, 0.25) is 19.6 Å². The normalized spacial score (nSPS) is 11.6. The second-order valence-electron chi connectivity index (χ2n) is 13.3. The van der Waals surface area contributed by atoms with Gasteiger partial charge >= 0.3 is 0 Å². The van der Waals surface area contributed by atoms with Crippen molar-refractivity contribution >= 4 is 35.2 Å². The van der Waals surface area contributed by atoms with Gasteiger partial charge in [0.05, 0.1) is 5.58 Å². The minimum absolute atomic E-state index is 0. The number of aryl methyl sites for hydroxylation is 1. The van der Waals surface area contributed by atoms with E-state index in [1.54, 1.807) is 0 Å². The number of fused-ring (bicyclic) bond motifs is 3. The molecule has 5 heteroatoms. The zero-order valence-corrected chi connectivity index (χ0v) is 29.8. The van der Waals surface area contributed by atoms with Crippen molar-refractivity contribution in [1.29, 1.82) is 0 Å². The Kier molecular flexibility index (Phi) is 9.91. The van der Waals surface area contributed by atoms with Crippen molar-refractivity contribution in [2.45, 2.75) is 60.7 Å². The van der Waals surface area contributed by atoms with Gasteiger partial charge in [0.1, 0.15) is 5.58 Å². The summed E-state index contributed by atoms with van der Waals surface area (Å²) in [7, 11) is -1.57. The van der Waals surface area contributed by atoms with Crippen LogP contribution in [0.4, 0.5) is 0 Å². The van der Waals surface area contributed by atoms with E-state index < -0.39 is 8.07 Å². The predicted octanol–water partition coefficient (Wildman–Crippen LogP) is 9.75. The largest absolute Gasteiger partial charge is 0.501 e. The Morgan fingerprint density at radius 3 is 2.26 bits per heavy atom. The van der Waals surface area contributed by atoms with Gasteiger partial charge in [0.15, 0.2) is 0 Å². The number of hydrogen-bond donors (Lipinski definition) is 0. The zero-order valence-electron chi connectivity index (χ0n) is 26.4. The third-order valence-corrected chi connectivity index (χ3v) is 9.44. The van der Waals surface area contributed by atoms with E-state index in [0.29, 0.717) is 0 Å². The molecule has 0 aliphatic rings. The molecule has 0 fully saturated rings. The molecule has 223 valence electrons. The van der Waals surface area contributed by atoms with Crippen LogP contribution in [0.3, 0.4) is 0 Å². The molecule has 0 spiro atoms. The summed E-state index contributed by atoms with van der Waals surface area (Å²) in [5.41, 5.74) is 9.82. The Hall–Kier alpha value is -3.37. The maximum Gasteiger partial charge on any atom is 0.120 e. The van der Waals surface area contributed by atoms with Gasteiger partial charge in [-0.3, -0.25) is 0 Å². The number of pyridine rings is 2. The van der Waals surface area contributed by atoms with Gasteiger partial charge in [-0.25, -0.2) is 0 Å². The first-order valence-corrected chi connectivity index (χ1v) is 18.1. The van der Waals surface area contributed by atoms with Gasteiger partial charge in [-0.1, -0.05) is 92.8 Å². The van der Waals surface area contributed by atoms with Crippen LogP contribution >= 0.6 is 0 Å². The van der Waals surface area contributed by atoms with Crippen LogP contribution in [0.25, 0.3) is 44.5 Å². The number of aromatic nitrogens is 2. The summed E-state index contributed by atoms with van der Waals surface area (Å²) >= 11 is 0. The third kappa shape index (κ3) is 7.41. The zero-order chi connectivity index (χ0) is 30.1. The molecule has 0 saturated carbocycles. The van der Waals surface area contributed by atoms with Crippen molar-refractivity contribution < 1.29 is 24.5 Å². The summed E-state index contributed by atoms with van der Waals surface area (Å²) in [5.74, 6) is 0. The molecule has 0 bridgehead atoms. The molecule has 1 radical (unpaired) electrons.